The highest BCUT2D eigenvalue weighted by Crippen LogP contribution is 2.17. The van der Waals surface area contributed by atoms with Gasteiger partial charge in [0, 0.05) is 11.9 Å². The van der Waals surface area contributed by atoms with E-state index in [4.69, 9.17) is 21.1 Å². The predicted octanol–water partition coefficient (Wildman–Crippen LogP) is 1.24. The number of alkyl halides is 1. The molecule has 0 radical (unpaired) electrons. The number of rotatable bonds is 2. The quantitative estimate of drug-likeness (QED) is 0.734. The number of halogens is 1. The van der Waals surface area contributed by atoms with Crippen molar-refractivity contribution < 1.29 is 9.47 Å². The first kappa shape index (κ1) is 8.99. The second kappa shape index (κ2) is 4.09. The van der Waals surface area contributed by atoms with Crippen LogP contribution in [0.5, 0.6) is 0 Å². The summed E-state index contributed by atoms with van der Waals surface area (Å²) < 4.78 is 10.7. The zero-order valence-corrected chi connectivity index (χ0v) is 7.88. The molecule has 0 spiro atoms. The highest BCUT2D eigenvalue weighted by atomic mass is 35.5. The molecule has 0 aliphatic carbocycles. The van der Waals surface area contributed by atoms with E-state index in [1.165, 1.54) is 0 Å². The van der Waals surface area contributed by atoms with E-state index in [0.717, 1.165) is 11.5 Å². The van der Waals surface area contributed by atoms with Crippen molar-refractivity contribution in [2.75, 3.05) is 19.8 Å². The molecule has 1 atom stereocenters. The Labute approximate surface area is 81.2 Å². The monoisotopic (exact) mass is 202 g/mol. The van der Waals surface area contributed by atoms with Crippen molar-refractivity contribution in [3.8, 4) is 0 Å². The fourth-order valence-corrected chi connectivity index (χ4v) is 1.39. The topological polar surface area (TPSA) is 47.1 Å². The first-order valence-electron chi connectivity index (χ1n) is 4.19. The second-order valence-electron chi connectivity index (χ2n) is 2.86. The second-order valence-corrected chi connectivity index (χ2v) is 3.13. The molecule has 1 N–H and O–H groups in total. The van der Waals surface area contributed by atoms with E-state index in [2.05, 4.69) is 9.97 Å². The maximum atomic E-state index is 5.64. The van der Waals surface area contributed by atoms with Crippen molar-refractivity contribution in [3.63, 3.8) is 0 Å². The van der Waals surface area contributed by atoms with Gasteiger partial charge in [0.15, 0.2) is 0 Å². The number of hydrogen-bond donors (Lipinski definition) is 1. The van der Waals surface area contributed by atoms with Crippen molar-refractivity contribution in [1.82, 2.24) is 9.97 Å². The Hall–Kier alpha value is -0.580. The molecule has 1 unspecified atom stereocenters. The third kappa shape index (κ3) is 2.02. The van der Waals surface area contributed by atoms with Crippen LogP contribution >= 0.6 is 11.6 Å². The lowest BCUT2D eigenvalue weighted by molar-refractivity contribution is -0.0932. The van der Waals surface area contributed by atoms with Crippen LogP contribution in [0.1, 0.15) is 17.6 Å². The zero-order valence-electron chi connectivity index (χ0n) is 7.12. The van der Waals surface area contributed by atoms with E-state index in [1.807, 2.05) is 0 Å². The molecule has 1 aromatic heterocycles. The van der Waals surface area contributed by atoms with Crippen molar-refractivity contribution >= 4 is 11.6 Å². The Bertz CT molecular complexity index is 271. The molecule has 4 nitrogen and oxygen atoms in total. The summed E-state index contributed by atoms with van der Waals surface area (Å²) in [6, 6.07) is 0. The van der Waals surface area contributed by atoms with E-state index in [0.29, 0.717) is 25.7 Å². The van der Waals surface area contributed by atoms with Crippen molar-refractivity contribution in [2.24, 2.45) is 0 Å². The SMILES string of the molecule is ClCc1cnc(C2COCCO2)[nH]1. The van der Waals surface area contributed by atoms with Gasteiger partial charge >= 0.3 is 0 Å². The Morgan fingerprint density at radius 2 is 2.54 bits per heavy atom. The molecule has 1 aliphatic rings. The minimum absolute atomic E-state index is 0.0642. The number of aromatic amines is 1. The van der Waals surface area contributed by atoms with Gasteiger partial charge in [-0.1, -0.05) is 0 Å². The molecule has 0 aromatic carbocycles. The van der Waals surface area contributed by atoms with Gasteiger partial charge in [-0.3, -0.25) is 0 Å². The van der Waals surface area contributed by atoms with Gasteiger partial charge in [-0.05, 0) is 0 Å². The third-order valence-corrected chi connectivity index (χ3v) is 2.20. The highest BCUT2D eigenvalue weighted by Gasteiger charge is 2.19. The summed E-state index contributed by atoms with van der Waals surface area (Å²) in [6.45, 7) is 1.86. The summed E-state index contributed by atoms with van der Waals surface area (Å²) in [4.78, 5) is 7.25. The van der Waals surface area contributed by atoms with Crippen LogP contribution in [0.3, 0.4) is 0 Å². The number of ether oxygens (including phenoxy) is 2. The summed E-state index contributed by atoms with van der Waals surface area (Å²) in [5.41, 5.74) is 0.908. The summed E-state index contributed by atoms with van der Waals surface area (Å²) >= 11 is 5.64. The first-order chi connectivity index (χ1) is 6.40. The average Bonchev–Trinajstić information content (AvgIpc) is 2.67. The predicted molar refractivity (Wildman–Crippen MR) is 47.7 cm³/mol. The standard InChI is InChI=1S/C8H11ClN2O2/c9-3-6-4-10-8(11-6)7-5-12-1-2-13-7/h4,7H,1-3,5H2,(H,10,11). The number of H-pyrrole nitrogens is 1. The molecular weight excluding hydrogens is 192 g/mol. The van der Waals surface area contributed by atoms with Gasteiger partial charge < -0.3 is 14.5 Å². The van der Waals surface area contributed by atoms with Crippen LogP contribution in [0.25, 0.3) is 0 Å². The molecule has 1 aliphatic heterocycles. The van der Waals surface area contributed by atoms with E-state index in [9.17, 15) is 0 Å². The average molecular weight is 203 g/mol. The van der Waals surface area contributed by atoms with Crippen LogP contribution in [-0.4, -0.2) is 29.8 Å². The molecule has 5 heteroatoms. The summed E-state index contributed by atoms with van der Waals surface area (Å²) in [5.74, 6) is 1.25. The van der Waals surface area contributed by atoms with Gasteiger partial charge in [0.25, 0.3) is 0 Å². The molecule has 1 aromatic rings. The normalized spacial score (nSPS) is 23.3. The van der Waals surface area contributed by atoms with Crippen LogP contribution < -0.4 is 0 Å². The lowest BCUT2D eigenvalue weighted by Gasteiger charge is -2.20. The Balaban J connectivity index is 2.05. The minimum Gasteiger partial charge on any atom is -0.376 e. The Kier molecular flexibility index (Phi) is 2.83. The van der Waals surface area contributed by atoms with Gasteiger partial charge in [-0.15, -0.1) is 11.6 Å². The first-order valence-corrected chi connectivity index (χ1v) is 4.72. The Morgan fingerprint density at radius 1 is 1.62 bits per heavy atom. The van der Waals surface area contributed by atoms with Crippen LogP contribution in [0.2, 0.25) is 0 Å². The molecule has 1 saturated heterocycles. The molecule has 1 fully saturated rings. The van der Waals surface area contributed by atoms with E-state index < -0.39 is 0 Å². The number of nitrogens with one attached hydrogen (secondary N) is 1. The maximum absolute atomic E-state index is 5.64. The third-order valence-electron chi connectivity index (χ3n) is 1.91. The maximum Gasteiger partial charge on any atom is 0.138 e. The van der Waals surface area contributed by atoms with Crippen molar-refractivity contribution in [1.29, 1.82) is 0 Å². The largest absolute Gasteiger partial charge is 0.376 e. The van der Waals surface area contributed by atoms with Crippen LogP contribution in [-0.2, 0) is 15.4 Å². The van der Waals surface area contributed by atoms with E-state index in [1.54, 1.807) is 6.20 Å². The number of imidazole rings is 1. The van der Waals surface area contributed by atoms with E-state index >= 15 is 0 Å². The molecule has 2 heterocycles. The minimum atomic E-state index is -0.0642. The lowest BCUT2D eigenvalue weighted by atomic mass is 10.3. The smallest absolute Gasteiger partial charge is 0.138 e. The van der Waals surface area contributed by atoms with Gasteiger partial charge in [0.1, 0.15) is 11.9 Å². The fourth-order valence-electron chi connectivity index (χ4n) is 1.25. The number of hydrogen-bond acceptors (Lipinski definition) is 3. The Morgan fingerprint density at radius 3 is 3.15 bits per heavy atom. The lowest BCUT2D eigenvalue weighted by Crippen LogP contribution is -2.22. The molecular formula is C8H11ClN2O2. The molecule has 2 rings (SSSR count). The molecule has 0 bridgehead atoms. The number of nitrogens with zero attached hydrogens (tertiary/aromatic N) is 1. The molecule has 13 heavy (non-hydrogen) atoms. The molecule has 72 valence electrons. The van der Waals surface area contributed by atoms with Crippen LogP contribution in [0.15, 0.2) is 6.20 Å². The van der Waals surface area contributed by atoms with Gasteiger partial charge in [0.05, 0.1) is 25.7 Å². The van der Waals surface area contributed by atoms with Crippen molar-refractivity contribution in [3.05, 3.63) is 17.7 Å². The number of aromatic nitrogens is 2. The van der Waals surface area contributed by atoms with E-state index in [-0.39, 0.29) is 6.10 Å². The molecule has 0 saturated carbocycles. The zero-order chi connectivity index (χ0) is 9.10. The van der Waals surface area contributed by atoms with Crippen LogP contribution in [0.4, 0.5) is 0 Å². The summed E-state index contributed by atoms with van der Waals surface area (Å²) in [7, 11) is 0. The fraction of sp³-hybridized carbons (Fsp3) is 0.625. The summed E-state index contributed by atoms with van der Waals surface area (Å²) in [5, 5.41) is 0. The van der Waals surface area contributed by atoms with Crippen molar-refractivity contribution in [2.45, 2.75) is 12.0 Å². The highest BCUT2D eigenvalue weighted by molar-refractivity contribution is 6.16. The van der Waals surface area contributed by atoms with Crippen LogP contribution in [0, 0.1) is 0 Å². The summed E-state index contributed by atoms with van der Waals surface area (Å²) in [6.07, 6.45) is 1.66. The van der Waals surface area contributed by atoms with Gasteiger partial charge in [-0.2, -0.15) is 0 Å². The van der Waals surface area contributed by atoms with Gasteiger partial charge in [-0.25, -0.2) is 4.98 Å². The van der Waals surface area contributed by atoms with Gasteiger partial charge in [0.2, 0.25) is 0 Å². The molecule has 0 amide bonds.